The minimum Gasteiger partial charge on any atom is -0.492 e. The molecule has 102 valence electrons. The van der Waals surface area contributed by atoms with Gasteiger partial charge in [-0.1, -0.05) is 17.3 Å². The maximum atomic E-state index is 5.70. The van der Waals surface area contributed by atoms with Crippen LogP contribution in [-0.4, -0.2) is 28.1 Å². The zero-order valence-electron chi connectivity index (χ0n) is 11.5. The Morgan fingerprint density at radius 3 is 2.89 bits per heavy atom. The normalized spacial score (nSPS) is 10.7. The first-order chi connectivity index (χ1) is 9.20. The number of hydrogen-bond acceptors (Lipinski definition) is 4. The van der Waals surface area contributed by atoms with Gasteiger partial charge in [-0.3, -0.25) is 0 Å². The Bertz CT molecular complexity index is 536. The Morgan fingerprint density at radius 2 is 2.16 bits per heavy atom. The van der Waals surface area contributed by atoms with Gasteiger partial charge in [0.2, 0.25) is 0 Å². The number of benzene rings is 1. The van der Waals surface area contributed by atoms with Crippen LogP contribution in [0.4, 0.5) is 0 Å². The largest absolute Gasteiger partial charge is 0.492 e. The van der Waals surface area contributed by atoms with Crippen LogP contribution in [0.1, 0.15) is 17.0 Å². The molecule has 2 rings (SSSR count). The van der Waals surface area contributed by atoms with E-state index in [1.165, 1.54) is 5.56 Å². The summed E-state index contributed by atoms with van der Waals surface area (Å²) in [6.07, 6.45) is 0.768. The van der Waals surface area contributed by atoms with Crippen LogP contribution in [0.2, 0.25) is 0 Å². The SMILES string of the molecule is Cc1cccc(OCCn2nnc(CCN)c2C)c1. The summed E-state index contributed by atoms with van der Waals surface area (Å²) in [4.78, 5) is 0. The van der Waals surface area contributed by atoms with Gasteiger partial charge in [0.05, 0.1) is 17.9 Å². The van der Waals surface area contributed by atoms with Gasteiger partial charge in [0.1, 0.15) is 12.4 Å². The molecule has 0 unspecified atom stereocenters. The molecular formula is C14H20N4O. The zero-order valence-corrected chi connectivity index (χ0v) is 11.5. The molecule has 5 heteroatoms. The van der Waals surface area contributed by atoms with Crippen LogP contribution in [-0.2, 0) is 13.0 Å². The van der Waals surface area contributed by atoms with Gasteiger partial charge in [0.15, 0.2) is 0 Å². The molecule has 2 N–H and O–H groups in total. The van der Waals surface area contributed by atoms with Crippen molar-refractivity contribution in [3.63, 3.8) is 0 Å². The second-order valence-corrected chi connectivity index (χ2v) is 4.55. The monoisotopic (exact) mass is 260 g/mol. The Balaban J connectivity index is 1.89. The van der Waals surface area contributed by atoms with Crippen molar-refractivity contribution in [1.82, 2.24) is 15.0 Å². The standard InChI is InChI=1S/C14H20N4O/c1-11-4-3-5-13(10-11)19-9-8-18-12(2)14(6-7-15)16-17-18/h3-5,10H,6-9,15H2,1-2H3. The summed E-state index contributed by atoms with van der Waals surface area (Å²) in [5.74, 6) is 0.889. The molecule has 1 aromatic heterocycles. The van der Waals surface area contributed by atoms with Crippen LogP contribution in [0, 0.1) is 13.8 Å². The number of nitrogens with zero attached hydrogens (tertiary/aromatic N) is 3. The van der Waals surface area contributed by atoms with E-state index in [0.717, 1.165) is 23.6 Å². The molecule has 0 saturated carbocycles. The van der Waals surface area contributed by atoms with Crippen molar-refractivity contribution in [1.29, 1.82) is 0 Å². The van der Waals surface area contributed by atoms with Gasteiger partial charge in [0.25, 0.3) is 0 Å². The lowest BCUT2D eigenvalue weighted by Crippen LogP contribution is -2.11. The zero-order chi connectivity index (χ0) is 13.7. The summed E-state index contributed by atoms with van der Waals surface area (Å²) < 4.78 is 7.56. The van der Waals surface area contributed by atoms with Crippen LogP contribution in [0.25, 0.3) is 0 Å². The third-order valence-electron chi connectivity index (χ3n) is 3.02. The van der Waals surface area contributed by atoms with Gasteiger partial charge in [-0.05, 0) is 38.1 Å². The highest BCUT2D eigenvalue weighted by Gasteiger charge is 2.07. The molecule has 0 atom stereocenters. The fourth-order valence-electron chi connectivity index (χ4n) is 1.93. The maximum Gasteiger partial charge on any atom is 0.119 e. The molecule has 0 saturated heterocycles. The van der Waals surface area contributed by atoms with Gasteiger partial charge >= 0.3 is 0 Å². The van der Waals surface area contributed by atoms with E-state index in [2.05, 4.69) is 10.3 Å². The van der Waals surface area contributed by atoms with E-state index in [4.69, 9.17) is 10.5 Å². The van der Waals surface area contributed by atoms with Crippen LogP contribution >= 0.6 is 0 Å². The number of ether oxygens (including phenoxy) is 1. The van der Waals surface area contributed by atoms with Crippen molar-refractivity contribution in [3.05, 3.63) is 41.2 Å². The molecule has 5 nitrogen and oxygen atoms in total. The summed E-state index contributed by atoms with van der Waals surface area (Å²) in [5.41, 5.74) is 8.76. The molecule has 1 heterocycles. The van der Waals surface area contributed by atoms with Crippen molar-refractivity contribution >= 4 is 0 Å². The first-order valence-corrected chi connectivity index (χ1v) is 6.49. The Labute approximate surface area is 113 Å². The second kappa shape index (κ2) is 6.33. The second-order valence-electron chi connectivity index (χ2n) is 4.55. The topological polar surface area (TPSA) is 66.0 Å². The molecule has 1 aromatic carbocycles. The fraction of sp³-hybridized carbons (Fsp3) is 0.429. The van der Waals surface area contributed by atoms with E-state index >= 15 is 0 Å². The highest BCUT2D eigenvalue weighted by molar-refractivity contribution is 5.27. The molecule has 0 bridgehead atoms. The van der Waals surface area contributed by atoms with Crippen molar-refractivity contribution < 1.29 is 4.74 Å². The van der Waals surface area contributed by atoms with E-state index in [-0.39, 0.29) is 0 Å². The minimum absolute atomic E-state index is 0.579. The van der Waals surface area contributed by atoms with E-state index in [0.29, 0.717) is 19.7 Å². The van der Waals surface area contributed by atoms with Gasteiger partial charge in [0, 0.05) is 6.42 Å². The Hall–Kier alpha value is -1.88. The van der Waals surface area contributed by atoms with Crippen molar-refractivity contribution in [2.45, 2.75) is 26.8 Å². The third-order valence-corrected chi connectivity index (χ3v) is 3.02. The summed E-state index contributed by atoms with van der Waals surface area (Å²) in [6.45, 7) is 5.93. The summed E-state index contributed by atoms with van der Waals surface area (Å²) >= 11 is 0. The van der Waals surface area contributed by atoms with E-state index in [1.54, 1.807) is 0 Å². The first kappa shape index (κ1) is 13.5. The predicted molar refractivity (Wildman–Crippen MR) is 74.2 cm³/mol. The van der Waals surface area contributed by atoms with Crippen molar-refractivity contribution in [2.75, 3.05) is 13.2 Å². The lowest BCUT2D eigenvalue weighted by molar-refractivity contribution is 0.288. The fourth-order valence-corrected chi connectivity index (χ4v) is 1.93. The van der Waals surface area contributed by atoms with Gasteiger partial charge in [-0.2, -0.15) is 0 Å². The Kier molecular flexibility index (Phi) is 4.52. The molecule has 0 amide bonds. The molecular weight excluding hydrogens is 240 g/mol. The average molecular weight is 260 g/mol. The van der Waals surface area contributed by atoms with Gasteiger partial charge in [-0.25, -0.2) is 4.68 Å². The molecule has 0 fully saturated rings. The third kappa shape index (κ3) is 3.54. The van der Waals surface area contributed by atoms with Crippen LogP contribution in [0.3, 0.4) is 0 Å². The molecule has 0 aliphatic carbocycles. The molecule has 2 aromatic rings. The number of aromatic nitrogens is 3. The summed E-state index contributed by atoms with van der Waals surface area (Å²) in [7, 11) is 0. The lowest BCUT2D eigenvalue weighted by Gasteiger charge is -2.07. The highest BCUT2D eigenvalue weighted by atomic mass is 16.5. The summed E-state index contributed by atoms with van der Waals surface area (Å²) in [6, 6.07) is 8.02. The maximum absolute atomic E-state index is 5.70. The van der Waals surface area contributed by atoms with Crippen molar-refractivity contribution in [3.8, 4) is 5.75 Å². The first-order valence-electron chi connectivity index (χ1n) is 6.49. The minimum atomic E-state index is 0.579. The number of rotatable bonds is 6. The quantitative estimate of drug-likeness (QED) is 0.854. The van der Waals surface area contributed by atoms with Crippen LogP contribution in [0.15, 0.2) is 24.3 Å². The molecule has 0 aliphatic rings. The number of hydrogen-bond donors (Lipinski definition) is 1. The average Bonchev–Trinajstić information content (AvgIpc) is 2.72. The van der Waals surface area contributed by atoms with E-state index in [9.17, 15) is 0 Å². The number of nitrogens with two attached hydrogens (primary N) is 1. The van der Waals surface area contributed by atoms with Crippen LogP contribution < -0.4 is 10.5 Å². The van der Waals surface area contributed by atoms with Gasteiger partial charge in [-0.15, -0.1) is 5.10 Å². The van der Waals surface area contributed by atoms with E-state index < -0.39 is 0 Å². The smallest absolute Gasteiger partial charge is 0.119 e. The predicted octanol–water partition coefficient (Wildman–Crippen LogP) is 1.48. The van der Waals surface area contributed by atoms with Crippen LogP contribution in [0.5, 0.6) is 5.75 Å². The highest BCUT2D eigenvalue weighted by Crippen LogP contribution is 2.12. The molecule has 0 spiro atoms. The molecule has 0 aliphatic heterocycles. The summed E-state index contributed by atoms with van der Waals surface area (Å²) in [5, 5.41) is 8.24. The van der Waals surface area contributed by atoms with Gasteiger partial charge < -0.3 is 10.5 Å². The number of aryl methyl sites for hydroxylation is 1. The molecule has 19 heavy (non-hydrogen) atoms. The Morgan fingerprint density at radius 1 is 1.32 bits per heavy atom. The van der Waals surface area contributed by atoms with E-state index in [1.807, 2.05) is 42.8 Å². The molecule has 0 radical (unpaired) electrons. The van der Waals surface area contributed by atoms with Crippen molar-refractivity contribution in [2.24, 2.45) is 5.73 Å². The lowest BCUT2D eigenvalue weighted by atomic mass is 10.2.